The molecule has 0 unspecified atom stereocenters. The van der Waals surface area contributed by atoms with Gasteiger partial charge in [0.15, 0.2) is 0 Å². The molecule has 168 valence electrons. The molecule has 1 saturated carbocycles. The molecule has 2 aliphatic rings. The maximum absolute atomic E-state index is 12.8. The van der Waals surface area contributed by atoms with Crippen LogP contribution in [0.25, 0.3) is 0 Å². The minimum absolute atomic E-state index is 0.0360. The van der Waals surface area contributed by atoms with Crippen molar-refractivity contribution in [1.82, 2.24) is 10.2 Å². The first-order chi connectivity index (χ1) is 15.0. The van der Waals surface area contributed by atoms with E-state index in [2.05, 4.69) is 10.2 Å². The van der Waals surface area contributed by atoms with E-state index in [0.29, 0.717) is 19.5 Å². The van der Waals surface area contributed by atoms with Gasteiger partial charge in [-0.15, -0.1) is 0 Å². The maximum atomic E-state index is 12.8. The zero-order valence-corrected chi connectivity index (χ0v) is 18.3. The predicted molar refractivity (Wildman–Crippen MR) is 116 cm³/mol. The number of likely N-dealkylation sites (tertiary alicyclic amines) is 1. The molecule has 2 heterocycles. The highest BCUT2D eigenvalue weighted by molar-refractivity contribution is 5.78. The number of carbonyl (C=O) groups is 1. The van der Waals surface area contributed by atoms with Crippen LogP contribution in [0, 0.1) is 5.92 Å². The molecule has 2 aromatic rings. The van der Waals surface area contributed by atoms with Crippen molar-refractivity contribution in [3.8, 4) is 11.5 Å². The second-order valence-corrected chi connectivity index (χ2v) is 8.59. The fraction of sp³-hybridized carbons (Fsp3) is 0.542. The lowest BCUT2D eigenvalue weighted by molar-refractivity contribution is -0.138. The second-order valence-electron chi connectivity index (χ2n) is 8.59. The standard InChI is InChI=1S/C24H32N2O5/c1-29-17-8-9-21(30-2)19(14-17)23-20-7-3-4-10-24(20,28)11-12-26(23)16-22(27)25-15-18-6-5-13-31-18/h5-6,8-9,13-14,20,23,28H,3-4,7,10-12,15-16H2,1-2H3,(H,25,27)/t20-,23+,24+/m0/s1. The van der Waals surface area contributed by atoms with Crippen molar-refractivity contribution in [2.24, 2.45) is 5.92 Å². The Morgan fingerprint density at radius 2 is 2.13 bits per heavy atom. The van der Waals surface area contributed by atoms with Gasteiger partial charge < -0.3 is 24.3 Å². The summed E-state index contributed by atoms with van der Waals surface area (Å²) in [6.45, 7) is 1.25. The number of aliphatic hydroxyl groups is 1. The zero-order valence-electron chi connectivity index (χ0n) is 18.3. The Hall–Kier alpha value is -2.51. The number of ether oxygens (including phenoxy) is 2. The second kappa shape index (κ2) is 9.32. The summed E-state index contributed by atoms with van der Waals surface area (Å²) >= 11 is 0. The normalized spacial score (nSPS) is 26.2. The van der Waals surface area contributed by atoms with Crippen LogP contribution in [0.3, 0.4) is 0 Å². The average Bonchev–Trinajstić information content (AvgIpc) is 3.31. The first kappa shape index (κ1) is 21.7. The van der Waals surface area contributed by atoms with Gasteiger partial charge in [0.1, 0.15) is 17.3 Å². The Labute approximate surface area is 183 Å². The number of rotatable bonds is 7. The summed E-state index contributed by atoms with van der Waals surface area (Å²) in [5.74, 6) is 2.18. The van der Waals surface area contributed by atoms with Gasteiger partial charge in [0.25, 0.3) is 0 Å². The number of furan rings is 1. The molecule has 0 bridgehead atoms. The number of carbonyl (C=O) groups excluding carboxylic acids is 1. The fourth-order valence-electron chi connectivity index (χ4n) is 5.24. The van der Waals surface area contributed by atoms with Crippen LogP contribution in [-0.4, -0.2) is 48.8 Å². The van der Waals surface area contributed by atoms with Crippen LogP contribution in [0.4, 0.5) is 0 Å². The summed E-state index contributed by atoms with van der Waals surface area (Å²) in [5.41, 5.74) is 0.253. The highest BCUT2D eigenvalue weighted by atomic mass is 16.5. The number of nitrogens with one attached hydrogen (secondary N) is 1. The van der Waals surface area contributed by atoms with Crippen LogP contribution in [0.1, 0.15) is 49.5 Å². The molecule has 7 heteroatoms. The van der Waals surface area contributed by atoms with Gasteiger partial charge in [-0.1, -0.05) is 12.8 Å². The van der Waals surface area contributed by atoms with Crippen LogP contribution >= 0.6 is 0 Å². The van der Waals surface area contributed by atoms with E-state index in [1.165, 1.54) is 0 Å². The number of benzene rings is 1. The number of amides is 1. The summed E-state index contributed by atoms with van der Waals surface area (Å²) < 4.78 is 16.5. The molecule has 1 amide bonds. The van der Waals surface area contributed by atoms with E-state index in [0.717, 1.165) is 48.5 Å². The maximum Gasteiger partial charge on any atom is 0.234 e. The third-order valence-electron chi connectivity index (χ3n) is 6.81. The number of nitrogens with zero attached hydrogens (tertiary/aromatic N) is 1. The van der Waals surface area contributed by atoms with Crippen molar-refractivity contribution in [2.75, 3.05) is 27.3 Å². The van der Waals surface area contributed by atoms with E-state index in [9.17, 15) is 9.90 Å². The highest BCUT2D eigenvalue weighted by Gasteiger charge is 2.49. The van der Waals surface area contributed by atoms with Crippen molar-refractivity contribution in [3.63, 3.8) is 0 Å². The number of piperidine rings is 1. The number of fused-ring (bicyclic) bond motifs is 1. The fourth-order valence-corrected chi connectivity index (χ4v) is 5.24. The monoisotopic (exact) mass is 428 g/mol. The lowest BCUT2D eigenvalue weighted by Gasteiger charge is -2.52. The van der Waals surface area contributed by atoms with Crippen molar-refractivity contribution >= 4 is 5.91 Å². The molecule has 1 aromatic carbocycles. The number of hydrogen-bond donors (Lipinski definition) is 2. The van der Waals surface area contributed by atoms with Crippen molar-refractivity contribution in [3.05, 3.63) is 47.9 Å². The first-order valence-electron chi connectivity index (χ1n) is 11.0. The van der Waals surface area contributed by atoms with Gasteiger partial charge >= 0.3 is 0 Å². The van der Waals surface area contributed by atoms with Crippen LogP contribution in [-0.2, 0) is 11.3 Å². The van der Waals surface area contributed by atoms with E-state index in [4.69, 9.17) is 13.9 Å². The van der Waals surface area contributed by atoms with Gasteiger partial charge in [-0.25, -0.2) is 0 Å². The summed E-state index contributed by atoms with van der Waals surface area (Å²) in [4.78, 5) is 15.0. The van der Waals surface area contributed by atoms with Crippen LogP contribution in [0.2, 0.25) is 0 Å². The highest BCUT2D eigenvalue weighted by Crippen LogP contribution is 2.51. The van der Waals surface area contributed by atoms with Gasteiger partial charge in [-0.3, -0.25) is 9.69 Å². The molecule has 0 spiro atoms. The molecular formula is C24H32N2O5. The van der Waals surface area contributed by atoms with Gasteiger partial charge in [0.2, 0.25) is 5.91 Å². The Bertz CT molecular complexity index is 884. The zero-order chi connectivity index (χ0) is 21.8. The van der Waals surface area contributed by atoms with Gasteiger partial charge in [0.05, 0.1) is 39.2 Å². The first-order valence-corrected chi connectivity index (χ1v) is 11.0. The molecule has 1 aliphatic carbocycles. The molecule has 0 radical (unpaired) electrons. The number of hydrogen-bond acceptors (Lipinski definition) is 6. The van der Waals surface area contributed by atoms with Crippen molar-refractivity contribution in [1.29, 1.82) is 0 Å². The Kier molecular flexibility index (Phi) is 6.53. The van der Waals surface area contributed by atoms with E-state index >= 15 is 0 Å². The Balaban J connectivity index is 1.61. The lowest BCUT2D eigenvalue weighted by atomic mass is 9.66. The minimum Gasteiger partial charge on any atom is -0.497 e. The molecule has 1 saturated heterocycles. The molecular weight excluding hydrogens is 396 g/mol. The van der Waals surface area contributed by atoms with Gasteiger partial charge in [-0.2, -0.15) is 0 Å². The third-order valence-corrected chi connectivity index (χ3v) is 6.81. The molecule has 2 fully saturated rings. The molecule has 1 aliphatic heterocycles. The molecule has 1 aromatic heterocycles. The largest absolute Gasteiger partial charge is 0.497 e. The van der Waals surface area contributed by atoms with E-state index in [1.807, 2.05) is 24.3 Å². The topological polar surface area (TPSA) is 84.2 Å². The summed E-state index contributed by atoms with van der Waals surface area (Å²) in [6.07, 6.45) is 6.12. The summed E-state index contributed by atoms with van der Waals surface area (Å²) in [6, 6.07) is 9.28. The predicted octanol–water partition coefficient (Wildman–Crippen LogP) is 3.28. The van der Waals surface area contributed by atoms with Crippen LogP contribution in [0.5, 0.6) is 11.5 Å². The summed E-state index contributed by atoms with van der Waals surface area (Å²) in [5, 5.41) is 14.4. The lowest BCUT2D eigenvalue weighted by Crippen LogP contribution is -2.56. The van der Waals surface area contributed by atoms with Crippen LogP contribution in [0.15, 0.2) is 41.0 Å². The average molecular weight is 429 g/mol. The van der Waals surface area contributed by atoms with E-state index in [1.54, 1.807) is 26.5 Å². The summed E-state index contributed by atoms with van der Waals surface area (Å²) in [7, 11) is 3.30. The van der Waals surface area contributed by atoms with E-state index in [-0.39, 0.29) is 24.4 Å². The van der Waals surface area contributed by atoms with Gasteiger partial charge in [0, 0.05) is 24.1 Å². The van der Waals surface area contributed by atoms with E-state index < -0.39 is 5.60 Å². The SMILES string of the molecule is COc1ccc(OC)c([C@@H]2[C@@H]3CCCC[C@@]3(O)CCN2CC(=O)NCc2ccco2)c1. The van der Waals surface area contributed by atoms with Crippen molar-refractivity contribution in [2.45, 2.75) is 50.3 Å². The number of methoxy groups -OCH3 is 2. The molecule has 31 heavy (non-hydrogen) atoms. The molecule has 7 nitrogen and oxygen atoms in total. The quantitative estimate of drug-likeness (QED) is 0.704. The molecule has 2 N–H and O–H groups in total. The molecule has 3 atom stereocenters. The Morgan fingerprint density at radius 1 is 1.26 bits per heavy atom. The smallest absolute Gasteiger partial charge is 0.234 e. The third kappa shape index (κ3) is 4.57. The Morgan fingerprint density at radius 3 is 2.87 bits per heavy atom. The van der Waals surface area contributed by atoms with Gasteiger partial charge in [-0.05, 0) is 49.6 Å². The molecule has 4 rings (SSSR count). The van der Waals surface area contributed by atoms with Crippen molar-refractivity contribution < 1.29 is 23.8 Å². The van der Waals surface area contributed by atoms with Crippen LogP contribution < -0.4 is 14.8 Å². The minimum atomic E-state index is -0.710.